The maximum absolute atomic E-state index is 5.91. The Morgan fingerprint density at radius 1 is 1.19 bits per heavy atom. The van der Waals surface area contributed by atoms with Crippen molar-refractivity contribution in [1.82, 2.24) is 10.2 Å². The minimum Gasteiger partial charge on any atom is -0.492 e. The lowest BCUT2D eigenvalue weighted by Gasteiger charge is -2.26. The van der Waals surface area contributed by atoms with Gasteiger partial charge >= 0.3 is 0 Å². The van der Waals surface area contributed by atoms with Gasteiger partial charge in [-0.3, -0.25) is 4.90 Å². The Morgan fingerprint density at radius 3 is 2.67 bits per heavy atom. The number of ether oxygens (including phenoxy) is 1. The van der Waals surface area contributed by atoms with Crippen LogP contribution in [0.1, 0.15) is 45.6 Å². The molecular weight excluding hydrogens is 260 g/mol. The van der Waals surface area contributed by atoms with E-state index >= 15 is 0 Å². The molecule has 120 valence electrons. The van der Waals surface area contributed by atoms with E-state index in [-0.39, 0.29) is 0 Å². The first-order valence-corrected chi connectivity index (χ1v) is 8.27. The molecule has 0 aliphatic rings. The van der Waals surface area contributed by atoms with Crippen LogP contribution in [0.5, 0.6) is 5.75 Å². The van der Waals surface area contributed by atoms with E-state index in [9.17, 15) is 0 Å². The molecule has 3 heteroatoms. The Bertz CT molecular complexity index is 379. The standard InChI is InChI=1S/C18H32N2O/c1-5-6-7-11-20(16(2)3)12-13-21-18-10-8-9-17(14-18)15-19-4/h8-10,14,16,19H,5-7,11-13,15H2,1-4H3. The van der Waals surface area contributed by atoms with Gasteiger partial charge in [0.2, 0.25) is 0 Å². The molecule has 1 N–H and O–H groups in total. The van der Waals surface area contributed by atoms with Gasteiger partial charge in [-0.25, -0.2) is 0 Å². The maximum atomic E-state index is 5.91. The summed E-state index contributed by atoms with van der Waals surface area (Å²) >= 11 is 0. The molecule has 21 heavy (non-hydrogen) atoms. The van der Waals surface area contributed by atoms with E-state index in [2.05, 4.69) is 49.2 Å². The first-order valence-electron chi connectivity index (χ1n) is 8.27. The number of nitrogens with one attached hydrogen (secondary N) is 1. The molecule has 0 aliphatic heterocycles. The molecule has 0 aromatic heterocycles. The van der Waals surface area contributed by atoms with Gasteiger partial charge in [0.05, 0.1) is 0 Å². The maximum Gasteiger partial charge on any atom is 0.119 e. The average molecular weight is 292 g/mol. The van der Waals surface area contributed by atoms with Crippen LogP contribution in [0.25, 0.3) is 0 Å². The molecular formula is C18H32N2O. The van der Waals surface area contributed by atoms with Crippen molar-refractivity contribution < 1.29 is 4.74 Å². The fourth-order valence-electron chi connectivity index (χ4n) is 2.42. The van der Waals surface area contributed by atoms with E-state index in [1.54, 1.807) is 0 Å². The summed E-state index contributed by atoms with van der Waals surface area (Å²) in [5, 5.41) is 3.17. The summed E-state index contributed by atoms with van der Waals surface area (Å²) in [5.41, 5.74) is 1.26. The topological polar surface area (TPSA) is 24.5 Å². The van der Waals surface area contributed by atoms with E-state index < -0.39 is 0 Å². The quantitative estimate of drug-likeness (QED) is 0.630. The van der Waals surface area contributed by atoms with Gasteiger partial charge in [0.15, 0.2) is 0 Å². The summed E-state index contributed by atoms with van der Waals surface area (Å²) in [7, 11) is 1.96. The lowest BCUT2D eigenvalue weighted by Crippen LogP contribution is -2.35. The molecule has 0 bridgehead atoms. The summed E-state index contributed by atoms with van der Waals surface area (Å²) in [5.74, 6) is 0.972. The highest BCUT2D eigenvalue weighted by atomic mass is 16.5. The SMILES string of the molecule is CCCCCN(CCOc1cccc(CNC)c1)C(C)C. The Morgan fingerprint density at radius 2 is 2.00 bits per heavy atom. The van der Waals surface area contributed by atoms with Crippen LogP contribution in [-0.2, 0) is 6.54 Å². The molecule has 0 unspecified atom stereocenters. The van der Waals surface area contributed by atoms with Crippen LogP contribution in [0.15, 0.2) is 24.3 Å². The van der Waals surface area contributed by atoms with E-state index in [4.69, 9.17) is 4.74 Å². The van der Waals surface area contributed by atoms with Crippen molar-refractivity contribution in [2.75, 3.05) is 26.7 Å². The third-order valence-electron chi connectivity index (χ3n) is 3.71. The molecule has 0 saturated heterocycles. The molecule has 0 amide bonds. The normalized spacial score (nSPS) is 11.3. The predicted molar refractivity (Wildman–Crippen MR) is 90.9 cm³/mol. The van der Waals surface area contributed by atoms with E-state index in [0.717, 1.165) is 25.4 Å². The predicted octanol–water partition coefficient (Wildman–Crippen LogP) is 3.69. The number of hydrogen-bond donors (Lipinski definition) is 1. The second kappa shape index (κ2) is 10.6. The van der Waals surface area contributed by atoms with E-state index in [1.165, 1.54) is 31.4 Å². The third-order valence-corrected chi connectivity index (χ3v) is 3.71. The number of rotatable bonds is 11. The summed E-state index contributed by atoms with van der Waals surface area (Å²) in [6, 6.07) is 8.92. The zero-order chi connectivity index (χ0) is 15.5. The van der Waals surface area contributed by atoms with Crippen molar-refractivity contribution in [3.8, 4) is 5.75 Å². The number of hydrogen-bond acceptors (Lipinski definition) is 3. The van der Waals surface area contributed by atoms with E-state index in [0.29, 0.717) is 6.04 Å². The van der Waals surface area contributed by atoms with Gasteiger partial charge in [0.25, 0.3) is 0 Å². The van der Waals surface area contributed by atoms with Gasteiger partial charge in [-0.15, -0.1) is 0 Å². The van der Waals surface area contributed by atoms with Crippen LogP contribution in [0.2, 0.25) is 0 Å². The van der Waals surface area contributed by atoms with Gasteiger partial charge in [-0.05, 0) is 51.6 Å². The molecule has 3 nitrogen and oxygen atoms in total. The third kappa shape index (κ3) is 7.49. The van der Waals surface area contributed by atoms with Gasteiger partial charge in [0, 0.05) is 19.1 Å². The largest absolute Gasteiger partial charge is 0.492 e. The smallest absolute Gasteiger partial charge is 0.119 e. The van der Waals surface area contributed by atoms with E-state index in [1.807, 2.05) is 13.1 Å². The average Bonchev–Trinajstić information content (AvgIpc) is 2.46. The monoisotopic (exact) mass is 292 g/mol. The molecule has 1 aromatic rings. The first kappa shape index (κ1) is 18.0. The van der Waals surface area contributed by atoms with Crippen LogP contribution in [0, 0.1) is 0 Å². The molecule has 1 aromatic carbocycles. The van der Waals surface area contributed by atoms with Crippen molar-refractivity contribution in [3.05, 3.63) is 29.8 Å². The molecule has 0 spiro atoms. The molecule has 0 radical (unpaired) electrons. The highest BCUT2D eigenvalue weighted by molar-refractivity contribution is 5.28. The van der Waals surface area contributed by atoms with Crippen LogP contribution in [0.3, 0.4) is 0 Å². The summed E-state index contributed by atoms with van der Waals surface area (Å²) in [6.07, 6.45) is 3.88. The Kier molecular flexibility index (Phi) is 9.11. The highest BCUT2D eigenvalue weighted by Crippen LogP contribution is 2.13. The first-order chi connectivity index (χ1) is 10.2. The minimum atomic E-state index is 0.584. The van der Waals surface area contributed by atoms with Crippen molar-refractivity contribution >= 4 is 0 Å². The highest BCUT2D eigenvalue weighted by Gasteiger charge is 2.08. The van der Waals surface area contributed by atoms with Crippen LogP contribution in [-0.4, -0.2) is 37.7 Å². The van der Waals surface area contributed by atoms with Crippen LogP contribution >= 0.6 is 0 Å². The van der Waals surface area contributed by atoms with Crippen molar-refractivity contribution in [3.63, 3.8) is 0 Å². The Balaban J connectivity index is 2.37. The molecule has 0 fully saturated rings. The molecule has 0 saturated carbocycles. The number of unbranched alkanes of at least 4 members (excludes halogenated alkanes) is 2. The van der Waals surface area contributed by atoms with Crippen LogP contribution < -0.4 is 10.1 Å². The van der Waals surface area contributed by atoms with Crippen molar-refractivity contribution in [2.45, 2.75) is 52.6 Å². The number of nitrogens with zero attached hydrogens (tertiary/aromatic N) is 1. The minimum absolute atomic E-state index is 0.584. The Hall–Kier alpha value is -1.06. The van der Waals surface area contributed by atoms with Crippen molar-refractivity contribution in [2.24, 2.45) is 0 Å². The lowest BCUT2D eigenvalue weighted by atomic mass is 10.2. The Labute approximate surface area is 130 Å². The van der Waals surface area contributed by atoms with Gasteiger partial charge in [-0.2, -0.15) is 0 Å². The van der Waals surface area contributed by atoms with Crippen molar-refractivity contribution in [1.29, 1.82) is 0 Å². The fourth-order valence-corrected chi connectivity index (χ4v) is 2.42. The number of benzene rings is 1. The summed E-state index contributed by atoms with van der Waals surface area (Å²) < 4.78 is 5.91. The second-order valence-corrected chi connectivity index (χ2v) is 5.86. The lowest BCUT2D eigenvalue weighted by molar-refractivity contribution is 0.173. The molecule has 0 aliphatic carbocycles. The second-order valence-electron chi connectivity index (χ2n) is 5.86. The zero-order valence-corrected chi connectivity index (χ0v) is 14.2. The summed E-state index contributed by atoms with van der Waals surface area (Å²) in [4.78, 5) is 2.51. The van der Waals surface area contributed by atoms with Gasteiger partial charge < -0.3 is 10.1 Å². The zero-order valence-electron chi connectivity index (χ0n) is 14.2. The van der Waals surface area contributed by atoms with Gasteiger partial charge in [0.1, 0.15) is 12.4 Å². The molecule has 1 rings (SSSR count). The van der Waals surface area contributed by atoms with Crippen LogP contribution in [0.4, 0.5) is 0 Å². The summed E-state index contributed by atoms with van der Waals surface area (Å²) in [6.45, 7) is 10.6. The van der Waals surface area contributed by atoms with Gasteiger partial charge in [-0.1, -0.05) is 31.9 Å². The fraction of sp³-hybridized carbons (Fsp3) is 0.667. The molecule has 0 heterocycles. The molecule has 0 atom stereocenters.